The highest BCUT2D eigenvalue weighted by Gasteiger charge is 2.21. The van der Waals surface area contributed by atoms with Gasteiger partial charge < -0.3 is 20.2 Å². The van der Waals surface area contributed by atoms with Crippen LogP contribution in [0.5, 0.6) is 11.5 Å². The molecule has 0 spiro atoms. The minimum atomic E-state index is -0.649. The average Bonchev–Trinajstić information content (AvgIpc) is 2.67. The van der Waals surface area contributed by atoms with Gasteiger partial charge in [0.25, 0.3) is 5.56 Å². The summed E-state index contributed by atoms with van der Waals surface area (Å²) in [5, 5.41) is 19.0. The summed E-state index contributed by atoms with van der Waals surface area (Å²) in [4.78, 5) is 14.6. The van der Waals surface area contributed by atoms with E-state index in [-0.39, 0.29) is 22.5 Å². The number of nitrogens with zero attached hydrogens (tertiary/aromatic N) is 2. The zero-order valence-corrected chi connectivity index (χ0v) is 16.0. The number of allylic oxidation sites excluding steroid dienone is 1. The Balaban J connectivity index is 2.87. The maximum atomic E-state index is 12.2. The van der Waals surface area contributed by atoms with Crippen molar-refractivity contribution in [3.63, 3.8) is 0 Å². The molecule has 0 aliphatic rings. The Morgan fingerprint density at radius 3 is 2.50 bits per heavy atom. The number of nitrogen functional groups attached to an aromatic ring is 1. The topological polar surface area (TPSA) is 125 Å². The average molecular weight is 378 g/mol. The van der Waals surface area contributed by atoms with E-state index >= 15 is 0 Å². The van der Waals surface area contributed by atoms with E-state index in [2.05, 4.69) is 11.6 Å². The number of nitrogens with two attached hydrogens (primary N) is 1. The summed E-state index contributed by atoms with van der Waals surface area (Å²) >= 11 is 0. The van der Waals surface area contributed by atoms with E-state index in [1.54, 1.807) is 18.2 Å². The van der Waals surface area contributed by atoms with Gasteiger partial charge in [-0.3, -0.25) is 4.79 Å². The van der Waals surface area contributed by atoms with Gasteiger partial charge in [-0.05, 0) is 37.5 Å². The van der Waals surface area contributed by atoms with Gasteiger partial charge in [-0.1, -0.05) is 13.0 Å². The molecule has 0 unspecified atom stereocenters. The number of hydrogen-bond donors (Lipinski definition) is 2. The van der Waals surface area contributed by atoms with Gasteiger partial charge in [-0.15, -0.1) is 6.58 Å². The minimum absolute atomic E-state index is 0.0328. The number of hydrogen-bond acceptors (Lipinski definition) is 6. The third-order valence-electron chi connectivity index (χ3n) is 4.00. The Bertz CT molecular complexity index is 1030. The highest BCUT2D eigenvalue weighted by atomic mass is 16.5. The molecule has 0 fully saturated rings. The second-order valence-corrected chi connectivity index (χ2v) is 5.95. The summed E-state index contributed by atoms with van der Waals surface area (Å²) < 4.78 is 11.6. The number of anilines is 1. The van der Waals surface area contributed by atoms with Crippen LogP contribution in [0.15, 0.2) is 29.6 Å². The Hall–Kier alpha value is -3.71. The molecule has 0 atom stereocenters. The number of rotatable bonds is 8. The van der Waals surface area contributed by atoms with Crippen LogP contribution in [-0.2, 0) is 6.42 Å². The largest absolute Gasteiger partial charge is 0.490 e. The zero-order valence-electron chi connectivity index (χ0n) is 16.0. The molecule has 0 saturated heterocycles. The number of benzene rings is 1. The van der Waals surface area contributed by atoms with Crippen molar-refractivity contribution < 1.29 is 9.47 Å². The molecular weight excluding hydrogens is 356 g/mol. The van der Waals surface area contributed by atoms with E-state index in [1.807, 2.05) is 26.0 Å². The van der Waals surface area contributed by atoms with Crippen LogP contribution < -0.4 is 20.8 Å². The smallest absolute Gasteiger partial charge is 0.268 e. The molecule has 28 heavy (non-hydrogen) atoms. The lowest BCUT2D eigenvalue weighted by Crippen LogP contribution is -2.16. The fraction of sp³-hybridized carbons (Fsp3) is 0.286. The third kappa shape index (κ3) is 3.99. The molecule has 0 amide bonds. The lowest BCUT2D eigenvalue weighted by Gasteiger charge is -2.18. The first-order valence-corrected chi connectivity index (χ1v) is 8.91. The van der Waals surface area contributed by atoms with E-state index in [9.17, 15) is 15.3 Å². The number of aromatic amines is 1. The van der Waals surface area contributed by atoms with Crippen LogP contribution in [0.4, 0.5) is 5.82 Å². The van der Waals surface area contributed by atoms with Crippen LogP contribution in [0, 0.1) is 22.7 Å². The number of nitrogens with one attached hydrogen (secondary N) is 1. The fourth-order valence-corrected chi connectivity index (χ4v) is 2.87. The Morgan fingerprint density at radius 1 is 1.21 bits per heavy atom. The van der Waals surface area contributed by atoms with Crippen molar-refractivity contribution in [2.24, 2.45) is 0 Å². The van der Waals surface area contributed by atoms with Crippen LogP contribution in [0.1, 0.15) is 37.0 Å². The summed E-state index contributed by atoms with van der Waals surface area (Å²) in [6.45, 7) is 8.52. The standard InChI is InChI=1S/C21H22N4O3/c1-4-7-13-9-14(10-17(27-6-3)19(13)28-8-5-2)18-15(11-22)20(24)25-21(26)16(18)12-23/h4,9-10H,1,5-8H2,2-3H3,(H3,24,25,26). The van der Waals surface area contributed by atoms with Crippen LogP contribution >= 0.6 is 0 Å². The van der Waals surface area contributed by atoms with Gasteiger partial charge in [-0.25, -0.2) is 0 Å². The lowest BCUT2D eigenvalue weighted by atomic mass is 9.94. The number of aromatic nitrogens is 1. The first-order chi connectivity index (χ1) is 13.5. The lowest BCUT2D eigenvalue weighted by molar-refractivity contribution is 0.275. The van der Waals surface area contributed by atoms with Gasteiger partial charge in [0.05, 0.1) is 13.2 Å². The SMILES string of the molecule is C=CCc1cc(-c2c(C#N)c(N)[nH]c(=O)c2C#N)cc(OCC)c1OCCC. The summed E-state index contributed by atoms with van der Waals surface area (Å²) in [7, 11) is 0. The van der Waals surface area contributed by atoms with Crippen LogP contribution in [0.2, 0.25) is 0 Å². The van der Waals surface area contributed by atoms with Crippen molar-refractivity contribution in [1.82, 2.24) is 4.98 Å². The monoisotopic (exact) mass is 378 g/mol. The number of ether oxygens (including phenoxy) is 2. The summed E-state index contributed by atoms with van der Waals surface area (Å²) in [6, 6.07) is 7.28. The molecular formula is C21H22N4O3. The molecule has 1 aromatic carbocycles. The molecule has 0 radical (unpaired) electrons. The van der Waals surface area contributed by atoms with Gasteiger partial charge in [0.1, 0.15) is 29.1 Å². The molecule has 7 nitrogen and oxygen atoms in total. The first kappa shape index (κ1) is 20.6. The Kier molecular flexibility index (Phi) is 6.84. The van der Waals surface area contributed by atoms with Crippen molar-refractivity contribution in [3.8, 4) is 34.8 Å². The second-order valence-electron chi connectivity index (χ2n) is 5.95. The maximum Gasteiger partial charge on any atom is 0.268 e. The van der Waals surface area contributed by atoms with Gasteiger partial charge in [0.15, 0.2) is 11.5 Å². The van der Waals surface area contributed by atoms with Gasteiger partial charge >= 0.3 is 0 Å². The van der Waals surface area contributed by atoms with Crippen molar-refractivity contribution >= 4 is 5.82 Å². The summed E-state index contributed by atoms with van der Waals surface area (Å²) in [5.41, 5.74) is 6.46. The normalized spacial score (nSPS) is 10.0. The van der Waals surface area contributed by atoms with Crippen LogP contribution in [0.25, 0.3) is 11.1 Å². The molecule has 0 aliphatic carbocycles. The first-order valence-electron chi connectivity index (χ1n) is 8.91. The Morgan fingerprint density at radius 2 is 1.93 bits per heavy atom. The van der Waals surface area contributed by atoms with Crippen molar-refractivity contribution in [3.05, 3.63) is 51.8 Å². The molecule has 2 rings (SSSR count). The van der Waals surface area contributed by atoms with Crippen LogP contribution in [0.3, 0.4) is 0 Å². The summed E-state index contributed by atoms with van der Waals surface area (Å²) in [6.07, 6.45) is 3.02. The van der Waals surface area contributed by atoms with Gasteiger partial charge in [-0.2, -0.15) is 10.5 Å². The van der Waals surface area contributed by atoms with Crippen LogP contribution in [-0.4, -0.2) is 18.2 Å². The molecule has 1 aromatic heterocycles. The van der Waals surface area contributed by atoms with E-state index in [0.29, 0.717) is 36.7 Å². The summed E-state index contributed by atoms with van der Waals surface area (Å²) in [5.74, 6) is 0.968. The maximum absolute atomic E-state index is 12.2. The third-order valence-corrected chi connectivity index (χ3v) is 4.00. The van der Waals surface area contributed by atoms with E-state index in [1.165, 1.54) is 0 Å². The van der Waals surface area contributed by atoms with Crippen molar-refractivity contribution in [1.29, 1.82) is 10.5 Å². The second kappa shape index (κ2) is 9.29. The Labute approximate surface area is 163 Å². The fourth-order valence-electron chi connectivity index (χ4n) is 2.87. The molecule has 0 saturated carbocycles. The molecule has 144 valence electrons. The molecule has 3 N–H and O–H groups in total. The molecule has 0 aliphatic heterocycles. The quantitative estimate of drug-likeness (QED) is 0.679. The zero-order chi connectivity index (χ0) is 20.7. The predicted octanol–water partition coefficient (Wildman–Crippen LogP) is 3.28. The highest BCUT2D eigenvalue weighted by Crippen LogP contribution is 2.39. The number of nitriles is 2. The highest BCUT2D eigenvalue weighted by molar-refractivity contribution is 5.82. The molecule has 0 bridgehead atoms. The van der Waals surface area contributed by atoms with Gasteiger partial charge in [0.2, 0.25) is 0 Å². The molecule has 2 aromatic rings. The van der Waals surface area contributed by atoms with Gasteiger partial charge in [0, 0.05) is 11.1 Å². The van der Waals surface area contributed by atoms with E-state index < -0.39 is 5.56 Å². The van der Waals surface area contributed by atoms with Crippen molar-refractivity contribution in [2.75, 3.05) is 18.9 Å². The van der Waals surface area contributed by atoms with Crippen molar-refractivity contribution in [2.45, 2.75) is 26.7 Å². The molecule has 1 heterocycles. The molecule has 7 heteroatoms. The van der Waals surface area contributed by atoms with E-state index in [0.717, 1.165) is 12.0 Å². The number of H-pyrrole nitrogens is 1. The minimum Gasteiger partial charge on any atom is -0.490 e. The number of pyridine rings is 1. The predicted molar refractivity (Wildman–Crippen MR) is 107 cm³/mol. The van der Waals surface area contributed by atoms with E-state index in [4.69, 9.17) is 15.2 Å².